The Morgan fingerprint density at radius 2 is 2.04 bits per heavy atom. The van der Waals surface area contributed by atoms with E-state index in [1.54, 1.807) is 17.0 Å². The second-order valence-corrected chi connectivity index (χ2v) is 6.06. The van der Waals surface area contributed by atoms with Crippen LogP contribution in [0.4, 0.5) is 20.3 Å². The zero-order valence-corrected chi connectivity index (χ0v) is 13.3. The molecule has 1 aliphatic heterocycles. The van der Waals surface area contributed by atoms with Crippen LogP contribution in [-0.2, 0) is 0 Å². The average molecular weight is 332 g/mol. The zero-order chi connectivity index (χ0) is 17.1. The summed E-state index contributed by atoms with van der Waals surface area (Å²) in [7, 11) is 0. The molecule has 1 saturated heterocycles. The molecule has 1 atom stereocenters. The standard InChI is InChI=1S/C17H18F2N4O/c1-11-3-2-8-23(10-11)17(24)15-6-7-16(22-21-15)20-12-4-5-13(18)14(19)9-12/h4-7,9,11H,2-3,8,10H2,1H3,(H,20,22). The van der Waals surface area contributed by atoms with Crippen LogP contribution in [0.5, 0.6) is 0 Å². The van der Waals surface area contributed by atoms with Crippen molar-refractivity contribution in [3.05, 3.63) is 47.7 Å². The van der Waals surface area contributed by atoms with Gasteiger partial charge in [0, 0.05) is 24.8 Å². The highest BCUT2D eigenvalue weighted by molar-refractivity contribution is 5.92. The van der Waals surface area contributed by atoms with Crippen molar-refractivity contribution in [3.8, 4) is 0 Å². The van der Waals surface area contributed by atoms with Gasteiger partial charge >= 0.3 is 0 Å². The van der Waals surface area contributed by atoms with Gasteiger partial charge in [-0.15, -0.1) is 10.2 Å². The molecule has 1 aliphatic rings. The summed E-state index contributed by atoms with van der Waals surface area (Å²) in [4.78, 5) is 14.2. The molecule has 1 unspecified atom stereocenters. The summed E-state index contributed by atoms with van der Waals surface area (Å²) in [5.74, 6) is -1.15. The molecular formula is C17H18F2N4O. The first-order valence-electron chi connectivity index (χ1n) is 7.88. The van der Waals surface area contributed by atoms with Gasteiger partial charge in [-0.2, -0.15) is 0 Å². The number of piperidine rings is 1. The Kier molecular flexibility index (Phi) is 4.69. The van der Waals surface area contributed by atoms with E-state index in [0.29, 0.717) is 17.4 Å². The third kappa shape index (κ3) is 3.67. The second kappa shape index (κ2) is 6.90. The molecule has 1 aromatic heterocycles. The van der Waals surface area contributed by atoms with Gasteiger partial charge in [-0.05, 0) is 43.0 Å². The van der Waals surface area contributed by atoms with Crippen LogP contribution in [0.15, 0.2) is 30.3 Å². The van der Waals surface area contributed by atoms with Gasteiger partial charge in [-0.1, -0.05) is 6.92 Å². The number of carbonyl (C=O) groups excluding carboxylic acids is 1. The lowest BCUT2D eigenvalue weighted by Gasteiger charge is -2.30. The lowest BCUT2D eigenvalue weighted by molar-refractivity contribution is 0.0676. The molecule has 0 bridgehead atoms. The van der Waals surface area contributed by atoms with Crippen molar-refractivity contribution in [2.75, 3.05) is 18.4 Å². The molecule has 2 heterocycles. The van der Waals surface area contributed by atoms with Gasteiger partial charge < -0.3 is 10.2 Å². The Hall–Kier alpha value is -2.57. The molecule has 0 aliphatic carbocycles. The number of carbonyl (C=O) groups is 1. The first-order chi connectivity index (χ1) is 11.5. The van der Waals surface area contributed by atoms with E-state index < -0.39 is 11.6 Å². The molecule has 0 radical (unpaired) electrons. The number of anilines is 2. The highest BCUT2D eigenvalue weighted by Gasteiger charge is 2.23. The maximum atomic E-state index is 13.2. The summed E-state index contributed by atoms with van der Waals surface area (Å²) in [5.41, 5.74) is 0.632. The summed E-state index contributed by atoms with van der Waals surface area (Å²) < 4.78 is 26.1. The van der Waals surface area contributed by atoms with Gasteiger partial charge in [0.05, 0.1) is 0 Å². The Morgan fingerprint density at radius 1 is 1.21 bits per heavy atom. The fraction of sp³-hybridized carbons (Fsp3) is 0.353. The Balaban J connectivity index is 1.68. The van der Waals surface area contributed by atoms with Gasteiger partial charge in [0.15, 0.2) is 23.1 Å². The number of rotatable bonds is 3. The molecular weight excluding hydrogens is 314 g/mol. The van der Waals surface area contributed by atoms with Crippen LogP contribution in [0.25, 0.3) is 0 Å². The number of hydrogen-bond acceptors (Lipinski definition) is 4. The van der Waals surface area contributed by atoms with Crippen LogP contribution in [-0.4, -0.2) is 34.1 Å². The number of aromatic nitrogens is 2. The lowest BCUT2D eigenvalue weighted by Crippen LogP contribution is -2.39. The van der Waals surface area contributed by atoms with Crippen LogP contribution >= 0.6 is 0 Å². The van der Waals surface area contributed by atoms with Crippen LogP contribution < -0.4 is 5.32 Å². The minimum Gasteiger partial charge on any atom is -0.339 e. The molecule has 0 spiro atoms. The number of amides is 1. The molecule has 126 valence electrons. The molecule has 24 heavy (non-hydrogen) atoms. The topological polar surface area (TPSA) is 58.1 Å². The van der Waals surface area contributed by atoms with Gasteiger partial charge in [0.2, 0.25) is 0 Å². The molecule has 1 fully saturated rings. The largest absolute Gasteiger partial charge is 0.339 e. The number of nitrogens with zero attached hydrogens (tertiary/aromatic N) is 3. The molecule has 1 amide bonds. The molecule has 1 aromatic carbocycles. The number of halogens is 2. The Bertz CT molecular complexity index is 736. The van der Waals surface area contributed by atoms with Gasteiger partial charge in [-0.3, -0.25) is 4.79 Å². The van der Waals surface area contributed by atoms with Gasteiger partial charge in [0.25, 0.3) is 5.91 Å². The van der Waals surface area contributed by atoms with E-state index in [1.165, 1.54) is 6.07 Å². The fourth-order valence-electron chi connectivity index (χ4n) is 2.77. The Labute approximate surface area is 138 Å². The van der Waals surface area contributed by atoms with Gasteiger partial charge in [-0.25, -0.2) is 8.78 Å². The summed E-state index contributed by atoms with van der Waals surface area (Å²) in [5, 5.41) is 10.7. The first kappa shape index (κ1) is 16.3. The quantitative estimate of drug-likeness (QED) is 0.936. The fourth-order valence-corrected chi connectivity index (χ4v) is 2.77. The van der Waals surface area contributed by atoms with E-state index in [1.807, 2.05) is 0 Å². The molecule has 7 heteroatoms. The van der Waals surface area contributed by atoms with Crippen LogP contribution in [0.3, 0.4) is 0 Å². The van der Waals surface area contributed by atoms with Gasteiger partial charge in [0.1, 0.15) is 0 Å². The van der Waals surface area contributed by atoms with Crippen molar-refractivity contribution in [1.82, 2.24) is 15.1 Å². The zero-order valence-electron chi connectivity index (χ0n) is 13.3. The van der Waals surface area contributed by atoms with Crippen LogP contribution in [0.2, 0.25) is 0 Å². The van der Waals surface area contributed by atoms with Crippen molar-refractivity contribution in [3.63, 3.8) is 0 Å². The summed E-state index contributed by atoms with van der Waals surface area (Å²) in [6, 6.07) is 6.63. The van der Waals surface area contributed by atoms with Crippen LogP contribution in [0.1, 0.15) is 30.3 Å². The molecule has 1 N–H and O–H groups in total. The molecule has 5 nitrogen and oxygen atoms in total. The van der Waals surface area contributed by atoms with E-state index in [0.717, 1.165) is 38.1 Å². The molecule has 3 rings (SSSR count). The SMILES string of the molecule is CC1CCCN(C(=O)c2ccc(Nc3ccc(F)c(F)c3)nn2)C1. The maximum Gasteiger partial charge on any atom is 0.274 e. The monoisotopic (exact) mass is 332 g/mol. The first-order valence-corrected chi connectivity index (χ1v) is 7.88. The maximum absolute atomic E-state index is 13.2. The summed E-state index contributed by atoms with van der Waals surface area (Å²) in [6.45, 7) is 3.59. The van der Waals surface area contributed by atoms with Crippen molar-refractivity contribution in [2.45, 2.75) is 19.8 Å². The molecule has 0 saturated carbocycles. The second-order valence-electron chi connectivity index (χ2n) is 6.06. The third-order valence-corrected chi connectivity index (χ3v) is 4.02. The molecule has 2 aromatic rings. The van der Waals surface area contributed by atoms with E-state index in [4.69, 9.17) is 0 Å². The summed E-state index contributed by atoms with van der Waals surface area (Å²) >= 11 is 0. The van der Waals surface area contributed by atoms with Crippen molar-refractivity contribution in [2.24, 2.45) is 5.92 Å². The smallest absolute Gasteiger partial charge is 0.274 e. The Morgan fingerprint density at radius 3 is 2.71 bits per heavy atom. The van der Waals surface area contributed by atoms with Crippen molar-refractivity contribution >= 4 is 17.4 Å². The highest BCUT2D eigenvalue weighted by Crippen LogP contribution is 2.19. The number of hydrogen-bond donors (Lipinski definition) is 1. The predicted octanol–water partition coefficient (Wildman–Crippen LogP) is 3.37. The minimum atomic E-state index is -0.945. The van der Waals surface area contributed by atoms with E-state index in [9.17, 15) is 13.6 Å². The van der Waals surface area contributed by atoms with E-state index >= 15 is 0 Å². The minimum absolute atomic E-state index is 0.131. The average Bonchev–Trinajstić information content (AvgIpc) is 2.58. The van der Waals surface area contributed by atoms with E-state index in [-0.39, 0.29) is 11.6 Å². The highest BCUT2D eigenvalue weighted by atomic mass is 19.2. The predicted molar refractivity (Wildman–Crippen MR) is 86.0 cm³/mol. The van der Waals surface area contributed by atoms with E-state index in [2.05, 4.69) is 22.4 Å². The summed E-state index contributed by atoms with van der Waals surface area (Å²) in [6.07, 6.45) is 2.13. The number of benzene rings is 1. The normalized spacial score (nSPS) is 17.6. The third-order valence-electron chi connectivity index (χ3n) is 4.02. The lowest BCUT2D eigenvalue weighted by atomic mass is 10.00. The van der Waals surface area contributed by atoms with Crippen molar-refractivity contribution in [1.29, 1.82) is 0 Å². The van der Waals surface area contributed by atoms with Crippen LogP contribution in [0, 0.1) is 17.6 Å². The number of likely N-dealkylation sites (tertiary alicyclic amines) is 1. The van der Waals surface area contributed by atoms with Crippen molar-refractivity contribution < 1.29 is 13.6 Å². The number of nitrogens with one attached hydrogen (secondary N) is 1.